The van der Waals surface area contributed by atoms with Crippen LogP contribution in [0, 0.1) is 0 Å². The van der Waals surface area contributed by atoms with E-state index in [1.807, 2.05) is 0 Å². The maximum absolute atomic E-state index is 4.78. The summed E-state index contributed by atoms with van der Waals surface area (Å²) in [7, 11) is 0. The Kier molecular flexibility index (Phi) is 12.8. The number of hydrogen-bond acceptors (Lipinski definition) is 3. The van der Waals surface area contributed by atoms with Gasteiger partial charge in [-0.05, 0) is 0 Å². The van der Waals surface area contributed by atoms with Crippen LogP contribution in [-0.4, -0.2) is 17.5 Å². The summed E-state index contributed by atoms with van der Waals surface area (Å²) in [6, 6.07) is 0. The minimum Gasteiger partial charge on any atom is -0.500 e. The number of nitrogens with one attached hydrogen (secondary N) is 1. The van der Waals surface area contributed by atoms with Crippen LogP contribution in [0.25, 0.3) is 0 Å². The van der Waals surface area contributed by atoms with Crippen LogP contribution < -0.4 is 34.9 Å². The number of rotatable bonds is 4. The topological polar surface area (TPSA) is 21.3 Å². The van der Waals surface area contributed by atoms with Crippen LogP contribution in [0.15, 0.2) is 12.8 Å². The molecule has 0 rings (SSSR count). The molecule has 0 aromatic carbocycles. The van der Waals surface area contributed by atoms with Crippen LogP contribution >= 0.6 is 12.2 Å². The fraction of sp³-hybridized carbons (Fsp3) is 0.400. The molecule has 5 heteroatoms. The first kappa shape index (κ1) is 13.3. The molecule has 0 aliphatic heterocycles. The molecule has 0 heterocycles. The van der Waals surface area contributed by atoms with Crippen molar-refractivity contribution in [3.63, 3.8) is 0 Å². The van der Waals surface area contributed by atoms with Gasteiger partial charge in [0.1, 0.15) is 6.61 Å². The fourth-order valence-electron chi connectivity index (χ4n) is 0.295. The summed E-state index contributed by atoms with van der Waals surface area (Å²) in [5.74, 6) is 0. The molecule has 0 saturated carbocycles. The van der Waals surface area contributed by atoms with E-state index in [2.05, 4.69) is 36.7 Å². The molecule has 0 atom stereocenters. The first-order valence-electron chi connectivity index (χ1n) is 2.44. The fourth-order valence-corrected chi connectivity index (χ4v) is 0.499. The van der Waals surface area contributed by atoms with Gasteiger partial charge in [0.15, 0.2) is 0 Å². The second-order valence-corrected chi connectivity index (χ2v) is 2.33. The number of hydrogen-bond donors (Lipinski definition) is 1. The van der Waals surface area contributed by atoms with E-state index < -0.39 is 0 Å². The summed E-state index contributed by atoms with van der Waals surface area (Å²) in [6.07, 6.45) is 1.38. The van der Waals surface area contributed by atoms with Crippen LogP contribution in [0.2, 0.25) is 0 Å². The molecule has 0 aromatic rings. The maximum atomic E-state index is 4.78. The zero-order chi connectivity index (χ0) is 7.11. The van der Waals surface area contributed by atoms with Crippen molar-refractivity contribution in [3.05, 3.63) is 12.8 Å². The largest absolute Gasteiger partial charge is 1.00 e. The van der Waals surface area contributed by atoms with Crippen LogP contribution in [0.5, 0.6) is 0 Å². The van der Waals surface area contributed by atoms with Gasteiger partial charge >= 0.3 is 29.6 Å². The SMILES string of the molecule is C=COCCNC(=S)[S-].[Na+]. The summed E-state index contributed by atoms with van der Waals surface area (Å²) in [5, 5.41) is 2.75. The molecule has 10 heavy (non-hydrogen) atoms. The minimum atomic E-state index is 0. The molecule has 0 amide bonds. The first-order valence-corrected chi connectivity index (χ1v) is 3.26. The van der Waals surface area contributed by atoms with Crippen molar-refractivity contribution in [1.29, 1.82) is 0 Å². The van der Waals surface area contributed by atoms with Gasteiger partial charge in [-0.3, -0.25) is 0 Å². The smallest absolute Gasteiger partial charge is 0.500 e. The van der Waals surface area contributed by atoms with E-state index in [0.717, 1.165) is 0 Å². The molecule has 0 fully saturated rings. The van der Waals surface area contributed by atoms with E-state index >= 15 is 0 Å². The van der Waals surface area contributed by atoms with E-state index in [-0.39, 0.29) is 29.6 Å². The molecule has 2 nitrogen and oxygen atoms in total. The summed E-state index contributed by atoms with van der Waals surface area (Å²) >= 11 is 9.13. The standard InChI is InChI=1S/C5H9NOS2.Na/c1-2-7-4-3-6-5(8)9;/h2H,1,3-4H2,(H2,6,8,9);/q;+1/p-1. The Hall–Kier alpha value is 0.650. The molecule has 0 aliphatic carbocycles. The van der Waals surface area contributed by atoms with Gasteiger partial charge in [-0.1, -0.05) is 10.9 Å². The van der Waals surface area contributed by atoms with Crippen molar-refractivity contribution >= 4 is 29.2 Å². The molecular formula is C5H8NNaOS2. The van der Waals surface area contributed by atoms with Gasteiger partial charge in [0.25, 0.3) is 0 Å². The summed E-state index contributed by atoms with van der Waals surface area (Å²) < 4.78 is 5.16. The second-order valence-electron chi connectivity index (χ2n) is 1.25. The summed E-state index contributed by atoms with van der Waals surface area (Å²) in [4.78, 5) is 0. The third kappa shape index (κ3) is 11.4. The number of thiocarbonyl (C=S) groups is 1. The Labute approximate surface area is 94.1 Å². The molecular weight excluding hydrogens is 177 g/mol. The predicted octanol–water partition coefficient (Wildman–Crippen LogP) is -2.43. The summed E-state index contributed by atoms with van der Waals surface area (Å²) in [6.45, 7) is 4.57. The maximum Gasteiger partial charge on any atom is 1.00 e. The van der Waals surface area contributed by atoms with Gasteiger partial charge in [-0.15, -0.1) is 0 Å². The monoisotopic (exact) mass is 185 g/mol. The normalized spacial score (nSPS) is 7.20. The van der Waals surface area contributed by atoms with Gasteiger partial charge in [0, 0.05) is 6.54 Å². The van der Waals surface area contributed by atoms with Gasteiger partial charge in [-0.2, -0.15) is 0 Å². The van der Waals surface area contributed by atoms with Crippen molar-refractivity contribution < 1.29 is 34.3 Å². The van der Waals surface area contributed by atoms with E-state index in [1.165, 1.54) is 6.26 Å². The molecule has 0 unspecified atom stereocenters. The molecule has 0 bridgehead atoms. The van der Waals surface area contributed by atoms with E-state index in [4.69, 9.17) is 4.74 Å². The quantitative estimate of drug-likeness (QED) is 0.173. The van der Waals surface area contributed by atoms with Gasteiger partial charge in [0.05, 0.1) is 6.26 Å². The van der Waals surface area contributed by atoms with Crippen LogP contribution in [0.3, 0.4) is 0 Å². The number of ether oxygens (including phenoxy) is 1. The Morgan fingerprint density at radius 1 is 1.80 bits per heavy atom. The second kappa shape index (κ2) is 9.65. The van der Waals surface area contributed by atoms with Crippen LogP contribution in [-0.2, 0) is 17.4 Å². The average molecular weight is 185 g/mol. The third-order valence-electron chi connectivity index (χ3n) is 0.607. The van der Waals surface area contributed by atoms with Crippen molar-refractivity contribution in [2.75, 3.05) is 13.2 Å². The molecule has 0 saturated heterocycles. The average Bonchev–Trinajstić information content (AvgIpc) is 1.80. The zero-order valence-electron chi connectivity index (χ0n) is 5.92. The Balaban J connectivity index is 0. The molecule has 0 radical (unpaired) electrons. The minimum absolute atomic E-state index is 0. The van der Waals surface area contributed by atoms with Gasteiger partial charge in [-0.25, -0.2) is 0 Å². The molecule has 0 aliphatic rings. The molecule has 52 valence electrons. The van der Waals surface area contributed by atoms with Gasteiger partial charge in [0.2, 0.25) is 0 Å². The zero-order valence-corrected chi connectivity index (χ0v) is 9.56. The first-order chi connectivity index (χ1) is 4.27. The Morgan fingerprint density at radius 2 is 2.40 bits per heavy atom. The van der Waals surface area contributed by atoms with Crippen molar-refractivity contribution in [2.45, 2.75) is 0 Å². The van der Waals surface area contributed by atoms with E-state index in [0.29, 0.717) is 17.5 Å². The van der Waals surface area contributed by atoms with Crippen molar-refractivity contribution in [3.8, 4) is 0 Å². The van der Waals surface area contributed by atoms with Gasteiger partial charge < -0.3 is 34.9 Å². The molecule has 0 spiro atoms. The summed E-state index contributed by atoms with van der Waals surface area (Å²) in [5.41, 5.74) is 0. The Bertz CT molecular complexity index is 110. The van der Waals surface area contributed by atoms with Crippen molar-refractivity contribution in [1.82, 2.24) is 5.32 Å². The Morgan fingerprint density at radius 3 is 2.80 bits per heavy atom. The predicted molar refractivity (Wildman–Crippen MR) is 44.1 cm³/mol. The van der Waals surface area contributed by atoms with Crippen LogP contribution in [0.4, 0.5) is 0 Å². The van der Waals surface area contributed by atoms with E-state index in [9.17, 15) is 0 Å². The molecule has 1 N–H and O–H groups in total. The third-order valence-corrected chi connectivity index (χ3v) is 0.896. The van der Waals surface area contributed by atoms with Crippen LogP contribution in [0.1, 0.15) is 0 Å². The van der Waals surface area contributed by atoms with Crippen molar-refractivity contribution in [2.24, 2.45) is 0 Å². The van der Waals surface area contributed by atoms with E-state index in [1.54, 1.807) is 0 Å². The molecule has 0 aromatic heterocycles.